The van der Waals surface area contributed by atoms with Crippen LogP contribution in [0.25, 0.3) is 0 Å². The van der Waals surface area contributed by atoms with E-state index < -0.39 is 0 Å². The minimum atomic E-state index is -0.0374. The number of benzene rings is 1. The molecule has 0 aromatic heterocycles. The van der Waals surface area contributed by atoms with E-state index in [0.29, 0.717) is 24.4 Å². The predicted molar refractivity (Wildman–Crippen MR) is 68.9 cm³/mol. The molecule has 0 fully saturated rings. The molecule has 0 unspecified atom stereocenters. The highest BCUT2D eigenvalue weighted by Gasteiger charge is 2.11. The van der Waals surface area contributed by atoms with E-state index in [4.69, 9.17) is 10.5 Å². The highest BCUT2D eigenvalue weighted by Crippen LogP contribution is 2.08. The lowest BCUT2D eigenvalue weighted by Crippen LogP contribution is -2.30. The van der Waals surface area contributed by atoms with Crippen molar-refractivity contribution in [3.63, 3.8) is 0 Å². The summed E-state index contributed by atoms with van der Waals surface area (Å²) in [5.74, 6) is -0.0374. The number of carbonyl (C=O) groups is 1. The SMILES string of the molecule is CC(C)OCCN(C)C(=O)c1cccc(N)c1. The molecular weight excluding hydrogens is 216 g/mol. The molecule has 0 saturated carbocycles. The Labute approximate surface area is 102 Å². The minimum Gasteiger partial charge on any atom is -0.399 e. The van der Waals surface area contributed by atoms with Crippen molar-refractivity contribution in [3.05, 3.63) is 29.8 Å². The molecule has 1 rings (SSSR count). The second kappa shape index (κ2) is 6.25. The molecule has 0 heterocycles. The van der Waals surface area contributed by atoms with Gasteiger partial charge in [0.05, 0.1) is 12.7 Å². The summed E-state index contributed by atoms with van der Waals surface area (Å²) in [5, 5.41) is 0. The Kier molecular flexibility index (Phi) is 4.97. The molecule has 1 aromatic carbocycles. The maximum Gasteiger partial charge on any atom is 0.253 e. The van der Waals surface area contributed by atoms with Gasteiger partial charge in [0.15, 0.2) is 0 Å². The van der Waals surface area contributed by atoms with Crippen LogP contribution in [0.2, 0.25) is 0 Å². The van der Waals surface area contributed by atoms with Gasteiger partial charge in [-0.3, -0.25) is 4.79 Å². The van der Waals surface area contributed by atoms with E-state index in [2.05, 4.69) is 0 Å². The molecule has 4 heteroatoms. The first kappa shape index (κ1) is 13.5. The van der Waals surface area contributed by atoms with Crippen molar-refractivity contribution in [1.82, 2.24) is 4.90 Å². The number of likely N-dealkylation sites (N-methyl/N-ethyl adjacent to an activating group) is 1. The van der Waals surface area contributed by atoms with Crippen molar-refractivity contribution in [2.75, 3.05) is 25.9 Å². The van der Waals surface area contributed by atoms with E-state index >= 15 is 0 Å². The molecule has 0 saturated heterocycles. The summed E-state index contributed by atoms with van der Waals surface area (Å²) in [7, 11) is 1.76. The fourth-order valence-electron chi connectivity index (χ4n) is 1.42. The number of anilines is 1. The largest absolute Gasteiger partial charge is 0.399 e. The van der Waals surface area contributed by atoms with E-state index in [9.17, 15) is 4.79 Å². The molecule has 0 aliphatic heterocycles. The Bertz CT molecular complexity index is 377. The molecule has 2 N–H and O–H groups in total. The van der Waals surface area contributed by atoms with Crippen LogP contribution in [0, 0.1) is 0 Å². The Balaban J connectivity index is 2.52. The summed E-state index contributed by atoms with van der Waals surface area (Å²) in [6, 6.07) is 6.99. The maximum absolute atomic E-state index is 12.0. The number of nitrogens with zero attached hydrogens (tertiary/aromatic N) is 1. The van der Waals surface area contributed by atoms with Crippen LogP contribution in [0.15, 0.2) is 24.3 Å². The van der Waals surface area contributed by atoms with Gasteiger partial charge in [-0.2, -0.15) is 0 Å². The van der Waals surface area contributed by atoms with Gasteiger partial charge in [-0.15, -0.1) is 0 Å². The van der Waals surface area contributed by atoms with Crippen LogP contribution in [-0.2, 0) is 4.74 Å². The van der Waals surface area contributed by atoms with Crippen molar-refractivity contribution in [3.8, 4) is 0 Å². The van der Waals surface area contributed by atoms with E-state index in [-0.39, 0.29) is 12.0 Å². The van der Waals surface area contributed by atoms with Crippen LogP contribution in [0.4, 0.5) is 5.69 Å². The molecule has 0 aliphatic carbocycles. The highest BCUT2D eigenvalue weighted by molar-refractivity contribution is 5.94. The number of hydrogen-bond acceptors (Lipinski definition) is 3. The number of ether oxygens (including phenoxy) is 1. The van der Waals surface area contributed by atoms with Gasteiger partial charge in [-0.25, -0.2) is 0 Å². The number of rotatable bonds is 5. The lowest BCUT2D eigenvalue weighted by atomic mass is 10.2. The van der Waals surface area contributed by atoms with Gasteiger partial charge < -0.3 is 15.4 Å². The first-order valence-corrected chi connectivity index (χ1v) is 5.73. The van der Waals surface area contributed by atoms with Crippen LogP contribution in [0.3, 0.4) is 0 Å². The molecule has 94 valence electrons. The molecule has 0 radical (unpaired) electrons. The summed E-state index contributed by atoms with van der Waals surface area (Å²) in [6.45, 7) is 5.06. The first-order valence-electron chi connectivity index (χ1n) is 5.73. The predicted octanol–water partition coefficient (Wildman–Crippen LogP) is 1.77. The summed E-state index contributed by atoms with van der Waals surface area (Å²) in [4.78, 5) is 13.6. The molecule has 0 aliphatic rings. The zero-order valence-electron chi connectivity index (χ0n) is 10.6. The van der Waals surface area contributed by atoms with E-state index in [1.165, 1.54) is 0 Å². The average molecular weight is 236 g/mol. The number of hydrogen-bond donors (Lipinski definition) is 1. The number of nitrogens with two attached hydrogens (primary N) is 1. The van der Waals surface area contributed by atoms with Crippen LogP contribution in [0.1, 0.15) is 24.2 Å². The minimum absolute atomic E-state index is 0.0374. The molecular formula is C13H20N2O2. The van der Waals surface area contributed by atoms with E-state index in [1.807, 2.05) is 13.8 Å². The van der Waals surface area contributed by atoms with Gasteiger partial charge in [-0.1, -0.05) is 6.07 Å². The molecule has 1 amide bonds. The third-order valence-corrected chi connectivity index (χ3v) is 2.36. The van der Waals surface area contributed by atoms with Gasteiger partial charge >= 0.3 is 0 Å². The lowest BCUT2D eigenvalue weighted by Gasteiger charge is -2.18. The third kappa shape index (κ3) is 4.44. The molecule has 17 heavy (non-hydrogen) atoms. The zero-order valence-corrected chi connectivity index (χ0v) is 10.6. The Morgan fingerprint density at radius 2 is 2.18 bits per heavy atom. The second-order valence-corrected chi connectivity index (χ2v) is 4.27. The van der Waals surface area contributed by atoms with Gasteiger partial charge in [0.25, 0.3) is 5.91 Å². The number of nitrogen functional groups attached to an aromatic ring is 1. The highest BCUT2D eigenvalue weighted by atomic mass is 16.5. The topological polar surface area (TPSA) is 55.6 Å². The summed E-state index contributed by atoms with van der Waals surface area (Å²) < 4.78 is 5.40. The summed E-state index contributed by atoms with van der Waals surface area (Å²) in [5.41, 5.74) is 6.85. The van der Waals surface area contributed by atoms with Crippen molar-refractivity contribution in [2.45, 2.75) is 20.0 Å². The van der Waals surface area contributed by atoms with Gasteiger partial charge in [0, 0.05) is 24.8 Å². The van der Waals surface area contributed by atoms with Crippen molar-refractivity contribution >= 4 is 11.6 Å². The third-order valence-electron chi connectivity index (χ3n) is 2.36. The van der Waals surface area contributed by atoms with Crippen LogP contribution in [0.5, 0.6) is 0 Å². The lowest BCUT2D eigenvalue weighted by molar-refractivity contribution is 0.0532. The van der Waals surface area contributed by atoms with Crippen molar-refractivity contribution < 1.29 is 9.53 Å². The quantitative estimate of drug-likeness (QED) is 0.793. The maximum atomic E-state index is 12.0. The van der Waals surface area contributed by atoms with E-state index in [1.54, 1.807) is 36.2 Å². The van der Waals surface area contributed by atoms with Crippen LogP contribution >= 0.6 is 0 Å². The van der Waals surface area contributed by atoms with Crippen molar-refractivity contribution in [2.24, 2.45) is 0 Å². The fraction of sp³-hybridized carbons (Fsp3) is 0.462. The normalized spacial score (nSPS) is 10.6. The summed E-state index contributed by atoms with van der Waals surface area (Å²) in [6.07, 6.45) is 0.186. The second-order valence-electron chi connectivity index (χ2n) is 4.27. The van der Waals surface area contributed by atoms with Gasteiger partial charge in [0.2, 0.25) is 0 Å². The number of amides is 1. The standard InChI is InChI=1S/C13H20N2O2/c1-10(2)17-8-7-15(3)13(16)11-5-4-6-12(14)9-11/h4-6,9-10H,7-8,14H2,1-3H3. The van der Waals surface area contributed by atoms with Crippen molar-refractivity contribution in [1.29, 1.82) is 0 Å². The monoisotopic (exact) mass is 236 g/mol. The first-order chi connectivity index (χ1) is 8.00. The number of carbonyl (C=O) groups excluding carboxylic acids is 1. The van der Waals surface area contributed by atoms with Crippen LogP contribution in [-0.4, -0.2) is 37.1 Å². The summed E-state index contributed by atoms with van der Waals surface area (Å²) >= 11 is 0. The molecule has 0 atom stereocenters. The van der Waals surface area contributed by atoms with E-state index in [0.717, 1.165) is 0 Å². The van der Waals surface area contributed by atoms with Gasteiger partial charge in [-0.05, 0) is 32.0 Å². The Morgan fingerprint density at radius 3 is 2.76 bits per heavy atom. The smallest absolute Gasteiger partial charge is 0.253 e. The Morgan fingerprint density at radius 1 is 1.47 bits per heavy atom. The van der Waals surface area contributed by atoms with Crippen LogP contribution < -0.4 is 5.73 Å². The Hall–Kier alpha value is -1.55. The zero-order chi connectivity index (χ0) is 12.8. The molecule has 1 aromatic rings. The average Bonchev–Trinajstić information content (AvgIpc) is 2.27. The molecule has 0 spiro atoms. The molecule has 0 bridgehead atoms. The molecule has 4 nitrogen and oxygen atoms in total. The fourth-order valence-corrected chi connectivity index (χ4v) is 1.42. The van der Waals surface area contributed by atoms with Gasteiger partial charge in [0.1, 0.15) is 0 Å².